The van der Waals surface area contributed by atoms with Crippen LogP contribution in [0.15, 0.2) is 72.8 Å². The molecule has 1 atom stereocenters. The fourth-order valence-corrected chi connectivity index (χ4v) is 5.45. The Labute approximate surface area is 233 Å². The summed E-state index contributed by atoms with van der Waals surface area (Å²) in [4.78, 5) is 28.7. The van der Waals surface area contributed by atoms with E-state index >= 15 is 0 Å². The van der Waals surface area contributed by atoms with Crippen molar-refractivity contribution < 1.29 is 31.9 Å². The van der Waals surface area contributed by atoms with Gasteiger partial charge in [0.25, 0.3) is 0 Å². The summed E-state index contributed by atoms with van der Waals surface area (Å²) < 4.78 is 51.8. The van der Waals surface area contributed by atoms with E-state index in [2.05, 4.69) is 5.32 Å². The second-order valence-electron chi connectivity index (χ2n) is 9.19. The van der Waals surface area contributed by atoms with Crippen molar-refractivity contribution in [1.82, 2.24) is 10.2 Å². The third-order valence-electron chi connectivity index (χ3n) is 6.51. The fraction of sp³-hybridized carbons (Fsp3) is 0.310. The molecule has 3 aromatic carbocycles. The minimum atomic E-state index is -3.91. The number of benzene rings is 3. The highest BCUT2D eigenvalue weighted by atomic mass is 32.2. The van der Waals surface area contributed by atoms with Gasteiger partial charge in [-0.05, 0) is 49.2 Å². The Morgan fingerprint density at radius 2 is 1.65 bits per heavy atom. The van der Waals surface area contributed by atoms with Gasteiger partial charge in [0.15, 0.2) is 11.5 Å². The molecule has 0 aromatic heterocycles. The molecule has 212 valence electrons. The molecule has 1 unspecified atom stereocenters. The van der Waals surface area contributed by atoms with Gasteiger partial charge in [0, 0.05) is 25.6 Å². The molecule has 2 amide bonds. The Kier molecular flexibility index (Phi) is 9.26. The normalized spacial score (nSPS) is 13.0. The van der Waals surface area contributed by atoms with Gasteiger partial charge in [0.05, 0.1) is 11.4 Å². The topological polar surface area (TPSA) is 105 Å². The highest BCUT2D eigenvalue weighted by Crippen LogP contribution is 2.36. The summed E-state index contributed by atoms with van der Waals surface area (Å²) in [5.41, 5.74) is 1.65. The first-order valence-electron chi connectivity index (χ1n) is 13.0. The maximum atomic E-state index is 14.0. The van der Waals surface area contributed by atoms with Crippen molar-refractivity contribution in [2.45, 2.75) is 32.9 Å². The molecule has 11 heteroatoms. The second-order valence-corrected chi connectivity index (χ2v) is 11.4. The largest absolute Gasteiger partial charge is 0.454 e. The van der Waals surface area contributed by atoms with Gasteiger partial charge in [-0.2, -0.15) is 0 Å². The van der Waals surface area contributed by atoms with Gasteiger partial charge in [0.1, 0.15) is 18.4 Å². The van der Waals surface area contributed by atoms with Crippen LogP contribution in [0.4, 0.5) is 10.1 Å². The molecular weight excluding hydrogens is 537 g/mol. The van der Waals surface area contributed by atoms with E-state index in [0.29, 0.717) is 23.6 Å². The maximum Gasteiger partial charge on any atom is 0.244 e. The summed E-state index contributed by atoms with van der Waals surface area (Å²) in [6, 6.07) is 18.5. The van der Waals surface area contributed by atoms with Crippen LogP contribution in [-0.2, 0) is 32.6 Å². The van der Waals surface area contributed by atoms with Crippen molar-refractivity contribution in [2.75, 3.05) is 29.9 Å². The Morgan fingerprint density at radius 3 is 2.33 bits per heavy atom. The molecule has 9 nitrogen and oxygen atoms in total. The van der Waals surface area contributed by atoms with E-state index in [0.717, 1.165) is 9.87 Å². The number of amides is 2. The van der Waals surface area contributed by atoms with Gasteiger partial charge >= 0.3 is 0 Å². The third-order valence-corrected chi connectivity index (χ3v) is 8.25. The third kappa shape index (κ3) is 6.90. The SMILES string of the molecule is CCNC(=O)C(Cc1ccccc1)N(Cc1ccc(F)cc1)C(=O)CN(c1ccc2c(c1)OCO2)S(=O)(=O)CC. The van der Waals surface area contributed by atoms with Crippen LogP contribution in [0.5, 0.6) is 11.5 Å². The van der Waals surface area contributed by atoms with E-state index in [1.165, 1.54) is 42.2 Å². The number of sulfonamides is 1. The first-order chi connectivity index (χ1) is 19.2. The molecule has 0 spiro atoms. The Bertz CT molecular complexity index is 1430. The fourth-order valence-electron chi connectivity index (χ4n) is 4.39. The molecular formula is C29H32FN3O6S. The van der Waals surface area contributed by atoms with Gasteiger partial charge in [-0.3, -0.25) is 13.9 Å². The summed E-state index contributed by atoms with van der Waals surface area (Å²) in [6.45, 7) is 3.03. The number of fused-ring (bicyclic) bond motifs is 1. The summed E-state index contributed by atoms with van der Waals surface area (Å²) in [6.07, 6.45) is 0.199. The number of carbonyl (C=O) groups excluding carboxylic acids is 2. The van der Waals surface area contributed by atoms with E-state index in [1.54, 1.807) is 19.1 Å². The smallest absolute Gasteiger partial charge is 0.244 e. The first kappa shape index (κ1) is 28.9. The number of anilines is 1. The number of halogens is 1. The van der Waals surface area contributed by atoms with E-state index < -0.39 is 34.3 Å². The summed E-state index contributed by atoms with van der Waals surface area (Å²) in [5, 5.41) is 2.80. The minimum absolute atomic E-state index is 0.0113. The van der Waals surface area contributed by atoms with Gasteiger partial charge < -0.3 is 19.7 Å². The van der Waals surface area contributed by atoms with Crippen LogP contribution >= 0.6 is 0 Å². The van der Waals surface area contributed by atoms with Gasteiger partial charge in [0.2, 0.25) is 28.6 Å². The number of likely N-dealkylation sites (N-methyl/N-ethyl adjacent to an activating group) is 1. The van der Waals surface area contributed by atoms with Crippen molar-refractivity contribution in [3.63, 3.8) is 0 Å². The Hall–Kier alpha value is -4.12. The average molecular weight is 570 g/mol. The predicted molar refractivity (Wildman–Crippen MR) is 149 cm³/mol. The van der Waals surface area contributed by atoms with Gasteiger partial charge in [-0.1, -0.05) is 42.5 Å². The van der Waals surface area contributed by atoms with Crippen LogP contribution in [0.3, 0.4) is 0 Å². The molecule has 0 saturated carbocycles. The highest BCUT2D eigenvalue weighted by Gasteiger charge is 2.34. The molecule has 0 bridgehead atoms. The van der Waals surface area contributed by atoms with Crippen molar-refractivity contribution in [3.05, 3.63) is 89.7 Å². The maximum absolute atomic E-state index is 14.0. The van der Waals surface area contributed by atoms with Gasteiger partial charge in [-0.15, -0.1) is 0 Å². The zero-order chi connectivity index (χ0) is 28.7. The number of nitrogens with one attached hydrogen (secondary N) is 1. The lowest BCUT2D eigenvalue weighted by Crippen LogP contribution is -2.53. The lowest BCUT2D eigenvalue weighted by molar-refractivity contribution is -0.140. The molecule has 1 N–H and O–H groups in total. The number of hydrogen-bond donors (Lipinski definition) is 1. The molecule has 1 aliphatic rings. The average Bonchev–Trinajstić information content (AvgIpc) is 3.43. The standard InChI is InChI=1S/C29H32FN3O6S/c1-3-31-29(35)25(16-21-8-6-5-7-9-21)32(18-22-10-12-23(30)13-11-22)28(34)19-33(40(36,37)4-2)24-14-15-26-27(17-24)39-20-38-26/h5-15,17,25H,3-4,16,18-20H2,1-2H3,(H,31,35). The Balaban J connectivity index is 1.73. The minimum Gasteiger partial charge on any atom is -0.454 e. The second kappa shape index (κ2) is 12.8. The van der Waals surface area contributed by atoms with Crippen molar-refractivity contribution in [3.8, 4) is 11.5 Å². The number of rotatable bonds is 12. The quantitative estimate of drug-likeness (QED) is 0.358. The summed E-state index contributed by atoms with van der Waals surface area (Å²) >= 11 is 0. The molecule has 40 heavy (non-hydrogen) atoms. The number of ether oxygens (including phenoxy) is 2. The molecule has 0 fully saturated rings. The van der Waals surface area contributed by atoms with E-state index in [4.69, 9.17) is 9.47 Å². The van der Waals surface area contributed by atoms with E-state index in [9.17, 15) is 22.4 Å². The highest BCUT2D eigenvalue weighted by molar-refractivity contribution is 7.92. The molecule has 3 aromatic rings. The van der Waals surface area contributed by atoms with Crippen LogP contribution in [0.2, 0.25) is 0 Å². The summed E-state index contributed by atoms with van der Waals surface area (Å²) in [7, 11) is -3.91. The Morgan fingerprint density at radius 1 is 0.950 bits per heavy atom. The predicted octanol–water partition coefficient (Wildman–Crippen LogP) is 3.49. The zero-order valence-electron chi connectivity index (χ0n) is 22.4. The van der Waals surface area contributed by atoms with Gasteiger partial charge in [-0.25, -0.2) is 12.8 Å². The molecule has 0 radical (unpaired) electrons. The van der Waals surface area contributed by atoms with E-state index in [-0.39, 0.29) is 37.1 Å². The summed E-state index contributed by atoms with van der Waals surface area (Å²) in [5.74, 6) is -0.818. The molecule has 0 aliphatic carbocycles. The van der Waals surface area contributed by atoms with E-state index in [1.807, 2.05) is 30.3 Å². The van der Waals surface area contributed by atoms with Crippen molar-refractivity contribution in [2.24, 2.45) is 0 Å². The van der Waals surface area contributed by atoms with Crippen molar-refractivity contribution in [1.29, 1.82) is 0 Å². The van der Waals surface area contributed by atoms with Crippen molar-refractivity contribution >= 4 is 27.5 Å². The first-order valence-corrected chi connectivity index (χ1v) is 14.6. The lowest BCUT2D eigenvalue weighted by Gasteiger charge is -2.33. The molecule has 1 heterocycles. The molecule has 0 saturated heterocycles. The van der Waals surface area contributed by atoms with Crippen LogP contribution in [0, 0.1) is 5.82 Å². The van der Waals surface area contributed by atoms with Crippen LogP contribution in [0.25, 0.3) is 0 Å². The van der Waals surface area contributed by atoms with Crippen LogP contribution < -0.4 is 19.1 Å². The number of hydrogen-bond acceptors (Lipinski definition) is 6. The molecule has 4 rings (SSSR count). The lowest BCUT2D eigenvalue weighted by atomic mass is 10.0. The zero-order valence-corrected chi connectivity index (χ0v) is 23.2. The molecule has 1 aliphatic heterocycles. The number of carbonyl (C=O) groups is 2. The number of nitrogens with zero attached hydrogens (tertiary/aromatic N) is 2. The van der Waals surface area contributed by atoms with Crippen LogP contribution in [0.1, 0.15) is 25.0 Å². The van der Waals surface area contributed by atoms with Crippen LogP contribution in [-0.4, -0.2) is 56.8 Å². The monoisotopic (exact) mass is 569 g/mol.